The third kappa shape index (κ3) is 4.28. The van der Waals surface area contributed by atoms with Gasteiger partial charge in [-0.1, -0.05) is 23.8 Å². The van der Waals surface area contributed by atoms with Crippen LogP contribution in [0.4, 0.5) is 10.5 Å². The lowest BCUT2D eigenvalue weighted by Crippen LogP contribution is -2.40. The highest BCUT2D eigenvalue weighted by Gasteiger charge is 2.45. The molecule has 158 valence electrons. The number of anilines is 1. The Morgan fingerprint density at radius 3 is 2.30 bits per heavy atom. The molecule has 0 radical (unpaired) electrons. The summed E-state index contributed by atoms with van der Waals surface area (Å²) in [6.45, 7) is 4.76. The van der Waals surface area contributed by atoms with Crippen LogP contribution >= 0.6 is 0 Å². The topological polar surface area (TPSA) is 79.4 Å². The third-order valence-electron chi connectivity index (χ3n) is 4.71. The van der Waals surface area contributed by atoms with Crippen molar-refractivity contribution in [1.82, 2.24) is 9.80 Å². The molecule has 0 spiro atoms. The molecule has 1 heterocycles. The Morgan fingerprint density at radius 2 is 1.67 bits per heavy atom. The number of imide groups is 2. The van der Waals surface area contributed by atoms with Crippen molar-refractivity contribution >= 4 is 23.5 Å². The molecule has 4 amide bonds. The Hall–Kier alpha value is -3.39. The summed E-state index contributed by atoms with van der Waals surface area (Å²) in [7, 11) is 3.33. The minimum atomic E-state index is -0.847. The van der Waals surface area contributed by atoms with Crippen LogP contribution in [0.15, 0.2) is 42.5 Å². The first-order valence-corrected chi connectivity index (χ1v) is 9.60. The first kappa shape index (κ1) is 21.3. The number of carbonyl (C=O) groups excluding carboxylic acids is 3. The van der Waals surface area contributed by atoms with E-state index in [1.807, 2.05) is 32.0 Å². The van der Waals surface area contributed by atoms with Crippen molar-refractivity contribution < 1.29 is 23.9 Å². The van der Waals surface area contributed by atoms with Gasteiger partial charge in [-0.2, -0.15) is 0 Å². The average molecular weight is 411 g/mol. The Kier molecular flexibility index (Phi) is 6.37. The van der Waals surface area contributed by atoms with Crippen molar-refractivity contribution in [2.75, 3.05) is 32.3 Å². The predicted octanol–water partition coefficient (Wildman–Crippen LogP) is 2.79. The molecule has 0 saturated carbocycles. The highest BCUT2D eigenvalue weighted by atomic mass is 16.5. The summed E-state index contributed by atoms with van der Waals surface area (Å²) in [5.41, 5.74) is 2.29. The van der Waals surface area contributed by atoms with Crippen LogP contribution in [0.2, 0.25) is 0 Å². The van der Waals surface area contributed by atoms with Crippen LogP contribution in [0.5, 0.6) is 11.5 Å². The van der Waals surface area contributed by atoms with Crippen LogP contribution in [0.1, 0.15) is 18.1 Å². The Morgan fingerprint density at radius 1 is 0.967 bits per heavy atom. The molecule has 3 rings (SSSR count). The summed E-state index contributed by atoms with van der Waals surface area (Å²) in [6, 6.07) is 11.8. The van der Waals surface area contributed by atoms with Crippen molar-refractivity contribution in [3.63, 3.8) is 0 Å². The number of methoxy groups -OCH3 is 1. The molecule has 1 aliphatic rings. The zero-order chi connectivity index (χ0) is 21.8. The molecule has 8 heteroatoms. The van der Waals surface area contributed by atoms with Gasteiger partial charge in [-0.25, -0.2) is 14.6 Å². The van der Waals surface area contributed by atoms with E-state index in [4.69, 9.17) is 9.47 Å². The largest absolute Gasteiger partial charge is 0.493 e. The van der Waals surface area contributed by atoms with Crippen molar-refractivity contribution in [2.24, 2.45) is 0 Å². The zero-order valence-electron chi connectivity index (χ0n) is 17.5. The summed E-state index contributed by atoms with van der Waals surface area (Å²) in [4.78, 5) is 41.2. The van der Waals surface area contributed by atoms with E-state index in [9.17, 15) is 14.4 Å². The van der Waals surface area contributed by atoms with E-state index in [0.29, 0.717) is 30.3 Å². The SMILES string of the molecule is CCOc1ccc(CN(C)CN2C(=O)C(=O)N(c3ccc(C)cc3)C2=O)cc1OC. The van der Waals surface area contributed by atoms with Crippen LogP contribution in [0.3, 0.4) is 0 Å². The van der Waals surface area contributed by atoms with Crippen LogP contribution in [0, 0.1) is 6.92 Å². The number of amides is 4. The molecule has 8 nitrogen and oxygen atoms in total. The number of urea groups is 1. The summed E-state index contributed by atoms with van der Waals surface area (Å²) in [5.74, 6) is -0.427. The van der Waals surface area contributed by atoms with Gasteiger partial charge in [0.1, 0.15) is 0 Å². The molecular weight excluding hydrogens is 386 g/mol. The molecule has 1 fully saturated rings. The standard InChI is InChI=1S/C22H25N3O5/c1-5-30-18-11-8-16(12-19(18)29-4)13-23(3)14-24-20(26)21(27)25(22(24)28)17-9-6-15(2)7-10-17/h6-12H,5,13-14H2,1-4H3. The van der Waals surface area contributed by atoms with E-state index in [2.05, 4.69) is 0 Å². The molecule has 30 heavy (non-hydrogen) atoms. The lowest BCUT2D eigenvalue weighted by Gasteiger charge is -2.23. The smallest absolute Gasteiger partial charge is 0.340 e. The maximum atomic E-state index is 12.8. The monoisotopic (exact) mass is 411 g/mol. The Balaban J connectivity index is 1.71. The zero-order valence-corrected chi connectivity index (χ0v) is 17.5. The van der Waals surface area contributed by atoms with E-state index < -0.39 is 17.8 Å². The number of carbonyl (C=O) groups is 3. The second-order valence-corrected chi connectivity index (χ2v) is 7.07. The third-order valence-corrected chi connectivity index (χ3v) is 4.71. The van der Waals surface area contributed by atoms with Gasteiger partial charge in [-0.05, 0) is 50.7 Å². The molecule has 0 unspecified atom stereocenters. The van der Waals surface area contributed by atoms with E-state index in [-0.39, 0.29) is 6.67 Å². The summed E-state index contributed by atoms with van der Waals surface area (Å²) in [5, 5.41) is 0. The number of hydrogen-bond donors (Lipinski definition) is 0. The molecule has 2 aromatic rings. The normalized spacial score (nSPS) is 14.1. The molecule has 1 aliphatic heterocycles. The van der Waals surface area contributed by atoms with Gasteiger partial charge in [-0.15, -0.1) is 0 Å². The van der Waals surface area contributed by atoms with Crippen molar-refractivity contribution in [3.05, 3.63) is 53.6 Å². The minimum Gasteiger partial charge on any atom is -0.493 e. The fourth-order valence-electron chi connectivity index (χ4n) is 3.24. The molecule has 0 N–H and O–H groups in total. The summed E-state index contributed by atoms with van der Waals surface area (Å²) < 4.78 is 10.9. The van der Waals surface area contributed by atoms with Crippen molar-refractivity contribution in [2.45, 2.75) is 20.4 Å². The second-order valence-electron chi connectivity index (χ2n) is 7.07. The van der Waals surface area contributed by atoms with Crippen LogP contribution < -0.4 is 14.4 Å². The summed E-state index contributed by atoms with van der Waals surface area (Å²) in [6.07, 6.45) is 0. The number of rotatable bonds is 8. The van der Waals surface area contributed by atoms with Crippen LogP contribution in [-0.2, 0) is 16.1 Å². The summed E-state index contributed by atoms with van der Waals surface area (Å²) >= 11 is 0. The van der Waals surface area contributed by atoms with Crippen LogP contribution in [-0.4, -0.2) is 55.1 Å². The Labute approximate surface area is 175 Å². The van der Waals surface area contributed by atoms with Gasteiger partial charge in [-0.3, -0.25) is 14.5 Å². The van der Waals surface area contributed by atoms with Gasteiger partial charge in [0, 0.05) is 6.54 Å². The van der Waals surface area contributed by atoms with Gasteiger partial charge >= 0.3 is 17.8 Å². The quantitative estimate of drug-likeness (QED) is 0.491. The molecule has 1 saturated heterocycles. The van der Waals surface area contributed by atoms with E-state index in [1.165, 1.54) is 0 Å². The minimum absolute atomic E-state index is 0.0126. The van der Waals surface area contributed by atoms with E-state index in [0.717, 1.165) is 20.9 Å². The van der Waals surface area contributed by atoms with Gasteiger partial charge < -0.3 is 9.47 Å². The lowest BCUT2D eigenvalue weighted by molar-refractivity contribution is -0.140. The maximum absolute atomic E-state index is 12.8. The second kappa shape index (κ2) is 8.96. The van der Waals surface area contributed by atoms with Gasteiger partial charge in [0.2, 0.25) is 0 Å². The predicted molar refractivity (Wildman–Crippen MR) is 111 cm³/mol. The highest BCUT2D eigenvalue weighted by molar-refractivity contribution is 6.52. The van der Waals surface area contributed by atoms with Crippen LogP contribution in [0.25, 0.3) is 0 Å². The molecular formula is C22H25N3O5. The number of ether oxygens (including phenoxy) is 2. The molecule has 0 bridgehead atoms. The fraction of sp³-hybridized carbons (Fsp3) is 0.318. The molecule has 0 aliphatic carbocycles. The lowest BCUT2D eigenvalue weighted by atomic mass is 10.2. The highest BCUT2D eigenvalue weighted by Crippen LogP contribution is 2.29. The fourth-order valence-corrected chi connectivity index (χ4v) is 3.24. The molecule has 2 aromatic carbocycles. The van der Waals surface area contributed by atoms with Crippen molar-refractivity contribution in [3.8, 4) is 11.5 Å². The van der Waals surface area contributed by atoms with E-state index >= 15 is 0 Å². The number of hydrogen-bond acceptors (Lipinski definition) is 6. The first-order chi connectivity index (χ1) is 14.3. The Bertz CT molecular complexity index is 958. The average Bonchev–Trinajstić information content (AvgIpc) is 2.93. The first-order valence-electron chi connectivity index (χ1n) is 9.60. The number of nitrogens with zero attached hydrogens (tertiary/aromatic N) is 3. The van der Waals surface area contributed by atoms with Crippen molar-refractivity contribution in [1.29, 1.82) is 0 Å². The van der Waals surface area contributed by atoms with Gasteiger partial charge in [0.25, 0.3) is 0 Å². The number of aryl methyl sites for hydroxylation is 1. The number of benzene rings is 2. The van der Waals surface area contributed by atoms with E-state index in [1.54, 1.807) is 43.3 Å². The molecule has 0 atom stereocenters. The van der Waals surface area contributed by atoms with Gasteiger partial charge in [0.05, 0.1) is 26.1 Å². The maximum Gasteiger partial charge on any atom is 0.340 e. The van der Waals surface area contributed by atoms with Gasteiger partial charge in [0.15, 0.2) is 11.5 Å². The molecule has 0 aromatic heterocycles.